The van der Waals surface area contributed by atoms with Crippen molar-refractivity contribution in [2.75, 3.05) is 10.5 Å². The van der Waals surface area contributed by atoms with Crippen molar-refractivity contribution in [1.29, 1.82) is 0 Å². The minimum absolute atomic E-state index is 0.210. The van der Waals surface area contributed by atoms with Crippen LogP contribution in [0.2, 0.25) is 5.02 Å². The smallest absolute Gasteiger partial charge is 0.253 e. The Morgan fingerprint density at radius 1 is 1.33 bits per heavy atom. The Balaban J connectivity index is 2.55. The van der Waals surface area contributed by atoms with Crippen LogP contribution < -0.4 is 4.72 Å². The summed E-state index contributed by atoms with van der Waals surface area (Å²) in [6, 6.07) is 3.97. The molecular weight excluding hydrogens is 325 g/mol. The fourth-order valence-electron chi connectivity index (χ4n) is 1.56. The Morgan fingerprint density at radius 3 is 2.62 bits per heavy atom. The Bertz CT molecular complexity index is 787. The number of rotatable bonds is 4. The number of nitrogens with one attached hydrogen (secondary N) is 1. The molecule has 6 nitrogen and oxygen atoms in total. The quantitative estimate of drug-likeness (QED) is 0.797. The molecule has 0 aliphatic rings. The van der Waals surface area contributed by atoms with Gasteiger partial charge in [-0.1, -0.05) is 17.7 Å². The minimum atomic E-state index is -3.73. The van der Waals surface area contributed by atoms with Gasteiger partial charge in [0.05, 0.1) is 16.3 Å². The van der Waals surface area contributed by atoms with Gasteiger partial charge in [-0.3, -0.25) is 0 Å². The van der Waals surface area contributed by atoms with Crippen LogP contribution in [0.5, 0.6) is 11.5 Å². The van der Waals surface area contributed by atoms with Crippen LogP contribution in [0.15, 0.2) is 22.6 Å². The van der Waals surface area contributed by atoms with Gasteiger partial charge in [-0.25, -0.2) is 17.5 Å². The third-order valence-corrected chi connectivity index (χ3v) is 4.23. The van der Waals surface area contributed by atoms with E-state index in [0.717, 1.165) is 0 Å². The molecule has 1 heterocycles. The maximum atomic E-state index is 13.9. The zero-order valence-electron chi connectivity index (χ0n) is 10.7. The van der Waals surface area contributed by atoms with E-state index in [1.807, 2.05) is 4.72 Å². The molecule has 1 aromatic carbocycles. The molecule has 114 valence electrons. The lowest BCUT2D eigenvalue weighted by Crippen LogP contribution is -2.14. The van der Waals surface area contributed by atoms with Gasteiger partial charge in [0.1, 0.15) is 0 Å². The van der Waals surface area contributed by atoms with E-state index in [2.05, 4.69) is 0 Å². The van der Waals surface area contributed by atoms with Crippen LogP contribution >= 0.6 is 11.6 Å². The second kappa shape index (κ2) is 5.45. The zero-order chi connectivity index (χ0) is 15.8. The molecule has 0 radical (unpaired) electrons. The van der Waals surface area contributed by atoms with E-state index in [0.29, 0.717) is 0 Å². The van der Waals surface area contributed by atoms with Crippen molar-refractivity contribution in [3.8, 4) is 22.8 Å². The average molecular weight is 336 g/mol. The highest BCUT2D eigenvalue weighted by atomic mass is 35.5. The number of aromatic hydroxyl groups is 2. The molecule has 0 atom stereocenters. The van der Waals surface area contributed by atoms with Gasteiger partial charge in [-0.15, -0.1) is 0 Å². The van der Waals surface area contributed by atoms with Crippen LogP contribution in [0.3, 0.4) is 0 Å². The molecule has 2 aromatic rings. The summed E-state index contributed by atoms with van der Waals surface area (Å²) in [4.78, 5) is 0. The molecule has 9 heteroatoms. The highest BCUT2D eigenvalue weighted by Crippen LogP contribution is 2.46. The van der Waals surface area contributed by atoms with Crippen LogP contribution in [-0.4, -0.2) is 24.4 Å². The SMILES string of the molecule is CCS(=O)(=O)Nc1oc(-c2cccc(Cl)c2F)c(O)c1O. The van der Waals surface area contributed by atoms with Gasteiger partial charge in [-0.2, -0.15) is 0 Å². The van der Waals surface area contributed by atoms with E-state index >= 15 is 0 Å². The Hall–Kier alpha value is -1.93. The maximum Gasteiger partial charge on any atom is 0.253 e. The summed E-state index contributed by atoms with van der Waals surface area (Å²) < 4.78 is 43.7. The molecule has 3 N–H and O–H groups in total. The number of benzene rings is 1. The fourth-order valence-corrected chi connectivity index (χ4v) is 2.30. The Kier molecular flexibility index (Phi) is 4.02. The van der Waals surface area contributed by atoms with E-state index in [9.17, 15) is 23.0 Å². The maximum absolute atomic E-state index is 13.9. The standard InChI is InChI=1S/C12H11ClFNO5S/c1-2-21(18,19)15-12-10(17)9(16)11(20-12)6-4-3-5-7(13)8(6)14/h3-5,15-17H,2H2,1H3. The molecule has 0 unspecified atom stereocenters. The van der Waals surface area contributed by atoms with Crippen molar-refractivity contribution in [2.24, 2.45) is 0 Å². The molecular formula is C12H11ClFNO5S. The summed E-state index contributed by atoms with van der Waals surface area (Å²) in [7, 11) is -3.73. The number of anilines is 1. The molecule has 2 rings (SSSR count). The summed E-state index contributed by atoms with van der Waals surface area (Å²) in [6.45, 7) is 1.37. The molecule has 0 saturated carbocycles. The van der Waals surface area contributed by atoms with Crippen LogP contribution in [0, 0.1) is 5.82 Å². The molecule has 21 heavy (non-hydrogen) atoms. The van der Waals surface area contributed by atoms with Gasteiger partial charge in [0.2, 0.25) is 21.5 Å². The van der Waals surface area contributed by atoms with Gasteiger partial charge in [0, 0.05) is 0 Å². The molecule has 0 aliphatic carbocycles. The van der Waals surface area contributed by atoms with E-state index < -0.39 is 39.0 Å². The largest absolute Gasteiger partial charge is 0.502 e. The average Bonchev–Trinajstić information content (AvgIpc) is 2.70. The molecule has 0 amide bonds. The normalized spacial score (nSPS) is 11.6. The van der Waals surface area contributed by atoms with E-state index in [4.69, 9.17) is 16.0 Å². The summed E-state index contributed by atoms with van der Waals surface area (Å²) in [5, 5.41) is 19.2. The van der Waals surface area contributed by atoms with Crippen molar-refractivity contribution in [1.82, 2.24) is 0 Å². The second-order valence-corrected chi connectivity index (χ2v) is 6.48. The van der Waals surface area contributed by atoms with Crippen LogP contribution in [0.1, 0.15) is 6.92 Å². The first-order valence-electron chi connectivity index (χ1n) is 5.76. The monoisotopic (exact) mass is 335 g/mol. The third-order valence-electron chi connectivity index (χ3n) is 2.68. The predicted molar refractivity (Wildman–Crippen MR) is 75.5 cm³/mol. The second-order valence-electron chi connectivity index (χ2n) is 4.06. The van der Waals surface area contributed by atoms with Gasteiger partial charge >= 0.3 is 0 Å². The Morgan fingerprint density at radius 2 is 2.00 bits per heavy atom. The van der Waals surface area contributed by atoms with Gasteiger partial charge in [0.25, 0.3) is 5.88 Å². The molecule has 0 fully saturated rings. The molecule has 0 aliphatic heterocycles. The zero-order valence-corrected chi connectivity index (χ0v) is 12.3. The van der Waals surface area contributed by atoms with Crippen molar-refractivity contribution in [3.63, 3.8) is 0 Å². The highest BCUT2D eigenvalue weighted by Gasteiger charge is 2.25. The number of halogens is 2. The number of hydrogen-bond acceptors (Lipinski definition) is 5. The number of sulfonamides is 1. The van der Waals surface area contributed by atoms with Crippen molar-refractivity contribution in [2.45, 2.75) is 6.92 Å². The summed E-state index contributed by atoms with van der Waals surface area (Å²) in [5.41, 5.74) is -0.211. The van der Waals surface area contributed by atoms with Crippen LogP contribution in [0.25, 0.3) is 11.3 Å². The molecule has 0 saturated heterocycles. The van der Waals surface area contributed by atoms with E-state index in [-0.39, 0.29) is 16.3 Å². The van der Waals surface area contributed by atoms with Gasteiger partial charge in [0.15, 0.2) is 11.6 Å². The number of furan rings is 1. The Labute approximate surface area is 124 Å². The van der Waals surface area contributed by atoms with Crippen molar-refractivity contribution < 1.29 is 27.4 Å². The fraction of sp³-hybridized carbons (Fsp3) is 0.167. The highest BCUT2D eigenvalue weighted by molar-refractivity contribution is 7.92. The first kappa shape index (κ1) is 15.5. The van der Waals surface area contributed by atoms with Crippen molar-refractivity contribution in [3.05, 3.63) is 29.0 Å². The lowest BCUT2D eigenvalue weighted by molar-refractivity contribution is 0.410. The topological polar surface area (TPSA) is 99.8 Å². The van der Waals surface area contributed by atoms with E-state index in [1.54, 1.807) is 0 Å². The van der Waals surface area contributed by atoms with Crippen LogP contribution in [-0.2, 0) is 10.0 Å². The number of hydrogen-bond donors (Lipinski definition) is 3. The van der Waals surface area contributed by atoms with Crippen molar-refractivity contribution >= 4 is 27.5 Å². The van der Waals surface area contributed by atoms with Crippen LogP contribution in [0.4, 0.5) is 10.3 Å². The molecule has 0 bridgehead atoms. The van der Waals surface area contributed by atoms with Gasteiger partial charge in [-0.05, 0) is 19.1 Å². The molecule has 0 spiro atoms. The summed E-state index contributed by atoms with van der Waals surface area (Å²) in [5.74, 6) is -3.78. The van der Waals surface area contributed by atoms with E-state index in [1.165, 1.54) is 25.1 Å². The first-order valence-corrected chi connectivity index (χ1v) is 7.79. The summed E-state index contributed by atoms with van der Waals surface area (Å²) in [6.07, 6.45) is 0. The lowest BCUT2D eigenvalue weighted by atomic mass is 10.1. The lowest BCUT2D eigenvalue weighted by Gasteiger charge is -2.02. The van der Waals surface area contributed by atoms with Gasteiger partial charge < -0.3 is 14.6 Å². The summed E-state index contributed by atoms with van der Waals surface area (Å²) >= 11 is 5.62. The minimum Gasteiger partial charge on any atom is -0.502 e. The predicted octanol–water partition coefficient (Wildman–Crippen LogP) is 2.91. The molecule has 1 aromatic heterocycles. The third kappa shape index (κ3) is 2.91. The first-order chi connectivity index (χ1) is 9.76.